The molecule has 3 rings (SSSR count). The van der Waals surface area contributed by atoms with Crippen molar-refractivity contribution in [3.63, 3.8) is 0 Å². The molecule has 170 valence electrons. The van der Waals surface area contributed by atoms with Crippen LogP contribution in [0.5, 0.6) is 5.75 Å². The maximum atomic E-state index is 13.4. The number of benzene rings is 2. The molecule has 32 heavy (non-hydrogen) atoms. The lowest BCUT2D eigenvalue weighted by atomic mass is 9.95. The summed E-state index contributed by atoms with van der Waals surface area (Å²) in [6.07, 6.45) is 1.60. The maximum absolute atomic E-state index is 13.4. The fourth-order valence-corrected chi connectivity index (χ4v) is 3.91. The summed E-state index contributed by atoms with van der Waals surface area (Å²) in [6.45, 7) is 5.79. The van der Waals surface area contributed by atoms with Crippen molar-refractivity contribution in [2.24, 2.45) is 0 Å². The summed E-state index contributed by atoms with van der Waals surface area (Å²) in [5.41, 5.74) is 2.16. The van der Waals surface area contributed by atoms with E-state index in [-0.39, 0.29) is 5.57 Å². The summed E-state index contributed by atoms with van der Waals surface area (Å²) >= 11 is 0. The highest BCUT2D eigenvalue weighted by atomic mass is 16.5. The van der Waals surface area contributed by atoms with Gasteiger partial charge >= 0.3 is 0 Å². The van der Waals surface area contributed by atoms with Gasteiger partial charge in [-0.05, 0) is 36.6 Å². The van der Waals surface area contributed by atoms with Crippen molar-refractivity contribution >= 4 is 17.4 Å². The van der Waals surface area contributed by atoms with Gasteiger partial charge in [-0.25, -0.2) is 0 Å². The number of quaternary nitrogens is 1. The second kappa shape index (κ2) is 10.5. The Morgan fingerprint density at radius 1 is 1.12 bits per heavy atom. The number of ether oxygens (including phenoxy) is 1. The van der Waals surface area contributed by atoms with Crippen molar-refractivity contribution in [1.29, 1.82) is 0 Å². The molecule has 1 amide bonds. The van der Waals surface area contributed by atoms with E-state index in [4.69, 9.17) is 4.74 Å². The molecule has 6 heteroatoms. The molecule has 2 aromatic carbocycles. The molecule has 0 aromatic heterocycles. The fraction of sp³-hybridized carbons (Fsp3) is 0.385. The van der Waals surface area contributed by atoms with Gasteiger partial charge in [-0.15, -0.1) is 0 Å². The van der Waals surface area contributed by atoms with E-state index in [0.717, 1.165) is 24.9 Å². The molecule has 0 bridgehead atoms. The molecule has 1 atom stereocenters. The molecule has 1 unspecified atom stereocenters. The lowest BCUT2D eigenvalue weighted by molar-refractivity contribution is -0.858. The Morgan fingerprint density at radius 3 is 2.50 bits per heavy atom. The van der Waals surface area contributed by atoms with E-state index in [1.165, 1.54) is 4.90 Å². The van der Waals surface area contributed by atoms with Gasteiger partial charge in [0.15, 0.2) is 0 Å². The summed E-state index contributed by atoms with van der Waals surface area (Å²) in [4.78, 5) is 28.8. The Bertz CT molecular complexity index is 995. The summed E-state index contributed by atoms with van der Waals surface area (Å²) in [5.74, 6) is -1.05. The Balaban J connectivity index is 2.07. The Morgan fingerprint density at radius 2 is 1.84 bits per heavy atom. The number of rotatable bonds is 9. The molecule has 1 N–H and O–H groups in total. The van der Waals surface area contributed by atoms with Crippen molar-refractivity contribution < 1.29 is 24.3 Å². The molecule has 1 fully saturated rings. The van der Waals surface area contributed by atoms with Gasteiger partial charge in [-0.1, -0.05) is 54.6 Å². The predicted octanol–water partition coefficient (Wildman–Crippen LogP) is 1.54. The van der Waals surface area contributed by atoms with Gasteiger partial charge in [0.25, 0.3) is 5.91 Å². The van der Waals surface area contributed by atoms with Gasteiger partial charge in [-0.2, -0.15) is 0 Å². The van der Waals surface area contributed by atoms with Crippen LogP contribution in [-0.2, 0) is 9.59 Å². The van der Waals surface area contributed by atoms with E-state index in [1.807, 2.05) is 64.3 Å². The number of Topliss-reactive ketones (excluding diaryl/α,β-unsaturated/α-hetero) is 1. The van der Waals surface area contributed by atoms with Crippen LogP contribution in [-0.4, -0.2) is 50.4 Å². The van der Waals surface area contributed by atoms with Gasteiger partial charge in [0, 0.05) is 18.5 Å². The molecule has 0 saturated carbocycles. The third-order valence-electron chi connectivity index (χ3n) is 5.57. The lowest BCUT2D eigenvalue weighted by Crippen LogP contribution is -3.05. The minimum atomic E-state index is -0.717. The lowest BCUT2D eigenvalue weighted by Gasteiger charge is -2.28. The van der Waals surface area contributed by atoms with Crippen molar-refractivity contribution in [2.75, 3.05) is 33.8 Å². The van der Waals surface area contributed by atoms with Crippen molar-refractivity contribution in [2.45, 2.75) is 32.7 Å². The van der Waals surface area contributed by atoms with Crippen LogP contribution in [0.25, 0.3) is 5.76 Å². The topological polar surface area (TPSA) is 74.1 Å². The SMILES string of the molecule is CCCOc1cccc(C2C(=C([O-])c3ccc(C)cc3)C(=O)C(=O)N2CCC[NH+](C)C)c1. The van der Waals surface area contributed by atoms with Crippen LogP contribution in [0.2, 0.25) is 0 Å². The number of nitrogens with zero attached hydrogens (tertiary/aromatic N) is 1. The number of hydrogen-bond acceptors (Lipinski definition) is 4. The first kappa shape index (κ1) is 23.5. The average molecular weight is 437 g/mol. The third kappa shape index (κ3) is 5.19. The number of likely N-dealkylation sites (tertiary alicyclic amines) is 1. The second-order valence-electron chi connectivity index (χ2n) is 8.57. The zero-order valence-corrected chi connectivity index (χ0v) is 19.3. The van der Waals surface area contributed by atoms with Crippen molar-refractivity contribution in [1.82, 2.24) is 4.90 Å². The number of amides is 1. The van der Waals surface area contributed by atoms with Crippen LogP contribution in [0.3, 0.4) is 0 Å². The highest BCUT2D eigenvalue weighted by Crippen LogP contribution is 2.39. The van der Waals surface area contributed by atoms with Gasteiger partial charge < -0.3 is 19.6 Å². The van der Waals surface area contributed by atoms with Crippen molar-refractivity contribution in [3.05, 3.63) is 70.8 Å². The molecular weight excluding hydrogens is 404 g/mol. The summed E-state index contributed by atoms with van der Waals surface area (Å²) in [7, 11) is 4.09. The summed E-state index contributed by atoms with van der Waals surface area (Å²) < 4.78 is 5.76. The normalized spacial score (nSPS) is 17.9. The number of carbonyl (C=O) groups excluding carboxylic acids is 2. The second-order valence-corrected chi connectivity index (χ2v) is 8.57. The Kier molecular flexibility index (Phi) is 7.70. The monoisotopic (exact) mass is 436 g/mol. The number of hydrogen-bond donors (Lipinski definition) is 1. The number of aryl methyl sites for hydroxylation is 1. The standard InChI is InChI=1S/C26H32N2O4/c1-5-16-32-21-9-6-8-20(17-21)23-22(24(29)19-12-10-18(2)11-13-19)25(30)26(31)28(23)15-7-14-27(3)4/h6,8-13,17,23,29H,5,7,14-16H2,1-4H3. The third-order valence-corrected chi connectivity index (χ3v) is 5.57. The highest BCUT2D eigenvalue weighted by Gasteiger charge is 2.44. The molecule has 1 heterocycles. The van der Waals surface area contributed by atoms with Crippen LogP contribution in [0.15, 0.2) is 54.1 Å². The molecular formula is C26H32N2O4. The Hall–Kier alpha value is -3.12. The van der Waals surface area contributed by atoms with E-state index < -0.39 is 23.5 Å². The smallest absolute Gasteiger partial charge is 0.295 e. The largest absolute Gasteiger partial charge is 0.872 e. The van der Waals surface area contributed by atoms with Gasteiger partial charge in [0.2, 0.25) is 5.78 Å². The van der Waals surface area contributed by atoms with E-state index in [1.54, 1.807) is 17.0 Å². The first-order valence-corrected chi connectivity index (χ1v) is 11.2. The molecule has 1 aliphatic heterocycles. The van der Waals surface area contributed by atoms with Crippen LogP contribution in [0.1, 0.15) is 42.5 Å². The Labute approximate surface area is 190 Å². The molecule has 1 aliphatic rings. The zero-order valence-electron chi connectivity index (χ0n) is 19.3. The number of carbonyl (C=O) groups is 2. The van der Waals surface area contributed by atoms with Crippen LogP contribution < -0.4 is 14.7 Å². The average Bonchev–Trinajstić information content (AvgIpc) is 3.02. The van der Waals surface area contributed by atoms with Crippen LogP contribution in [0, 0.1) is 6.92 Å². The van der Waals surface area contributed by atoms with E-state index in [2.05, 4.69) is 0 Å². The van der Waals surface area contributed by atoms with E-state index in [9.17, 15) is 14.7 Å². The molecule has 0 aliphatic carbocycles. The summed E-state index contributed by atoms with van der Waals surface area (Å²) in [6, 6.07) is 13.7. The van der Waals surface area contributed by atoms with Crippen molar-refractivity contribution in [3.8, 4) is 5.75 Å². The van der Waals surface area contributed by atoms with Gasteiger partial charge in [0.1, 0.15) is 5.75 Å². The fourth-order valence-electron chi connectivity index (χ4n) is 3.91. The number of ketones is 1. The first-order chi connectivity index (χ1) is 15.3. The maximum Gasteiger partial charge on any atom is 0.295 e. The molecule has 2 aromatic rings. The first-order valence-electron chi connectivity index (χ1n) is 11.2. The van der Waals surface area contributed by atoms with Gasteiger partial charge in [-0.3, -0.25) is 9.59 Å². The molecule has 0 spiro atoms. The highest BCUT2D eigenvalue weighted by molar-refractivity contribution is 6.46. The van der Waals surface area contributed by atoms with Crippen LogP contribution in [0.4, 0.5) is 0 Å². The van der Waals surface area contributed by atoms with Gasteiger partial charge in [0.05, 0.1) is 33.3 Å². The summed E-state index contributed by atoms with van der Waals surface area (Å²) in [5, 5.41) is 13.4. The minimum absolute atomic E-state index is 0.0173. The molecule has 0 radical (unpaired) electrons. The minimum Gasteiger partial charge on any atom is -0.872 e. The quantitative estimate of drug-likeness (QED) is 0.368. The van der Waals surface area contributed by atoms with Crippen LogP contribution >= 0.6 is 0 Å². The molecule has 6 nitrogen and oxygen atoms in total. The number of nitrogens with one attached hydrogen (secondary N) is 1. The molecule has 1 saturated heterocycles. The zero-order chi connectivity index (χ0) is 23.3. The van der Waals surface area contributed by atoms with E-state index >= 15 is 0 Å². The predicted molar refractivity (Wildman–Crippen MR) is 122 cm³/mol. The van der Waals surface area contributed by atoms with E-state index in [0.29, 0.717) is 30.0 Å².